The van der Waals surface area contributed by atoms with Crippen molar-refractivity contribution in [3.8, 4) is 5.75 Å². The first-order valence-corrected chi connectivity index (χ1v) is 12.2. The van der Waals surface area contributed by atoms with Crippen LogP contribution in [-0.4, -0.2) is 41.5 Å². The standard InChI is InChI=1S/C20H24O7S2/c1-20(2,3)27-19(21)12-26-14-9-10-16-17(11-14)28(22,23)13-18(16)29(24,25)15-7-5-4-6-8-15/h4-11,18,22-23H,12-13H2,1-3H3. The first kappa shape index (κ1) is 21.6. The summed E-state index contributed by atoms with van der Waals surface area (Å²) in [6, 6.07) is 12.3. The SMILES string of the molecule is CC(C)(C)OC(=O)COc1ccc2c(c1)S(O)(O)CC2S(=O)(=O)c1ccccc1. The lowest BCUT2D eigenvalue weighted by atomic mass is 10.1. The Kier molecular flexibility index (Phi) is 5.70. The van der Waals surface area contributed by atoms with Crippen molar-refractivity contribution in [2.45, 2.75) is 41.4 Å². The summed E-state index contributed by atoms with van der Waals surface area (Å²) in [5, 5.41) is -1.06. The Morgan fingerprint density at radius 3 is 2.41 bits per heavy atom. The van der Waals surface area contributed by atoms with Gasteiger partial charge in [0.25, 0.3) is 0 Å². The van der Waals surface area contributed by atoms with E-state index in [9.17, 15) is 22.3 Å². The Morgan fingerprint density at radius 1 is 1.14 bits per heavy atom. The molecule has 7 nitrogen and oxygen atoms in total. The molecule has 0 aromatic heterocycles. The van der Waals surface area contributed by atoms with Crippen LogP contribution in [0, 0.1) is 0 Å². The predicted octanol–water partition coefficient (Wildman–Crippen LogP) is 4.05. The Hall–Kier alpha value is -2.07. The molecule has 0 saturated carbocycles. The second-order valence-corrected chi connectivity index (χ2v) is 12.0. The Labute approximate surface area is 171 Å². The van der Waals surface area contributed by atoms with E-state index in [-0.39, 0.29) is 27.9 Å². The van der Waals surface area contributed by atoms with Crippen molar-refractivity contribution in [1.82, 2.24) is 0 Å². The number of ether oxygens (including phenoxy) is 2. The summed E-state index contributed by atoms with van der Waals surface area (Å²) in [5.41, 5.74) is -0.314. The van der Waals surface area contributed by atoms with Crippen LogP contribution in [-0.2, 0) is 19.4 Å². The number of esters is 1. The number of carbonyl (C=O) groups is 1. The first-order valence-electron chi connectivity index (χ1n) is 8.94. The third-order valence-electron chi connectivity index (χ3n) is 4.29. The summed E-state index contributed by atoms with van der Waals surface area (Å²) in [6.45, 7) is 4.87. The number of hydrogen-bond acceptors (Lipinski definition) is 7. The Bertz CT molecular complexity index is 1010. The largest absolute Gasteiger partial charge is 0.482 e. The number of rotatable bonds is 5. The van der Waals surface area contributed by atoms with E-state index in [0.717, 1.165) is 0 Å². The third kappa shape index (κ3) is 4.75. The molecule has 0 bridgehead atoms. The zero-order valence-corrected chi connectivity index (χ0v) is 18.0. The molecule has 2 aromatic carbocycles. The van der Waals surface area contributed by atoms with Crippen LogP contribution in [0.2, 0.25) is 0 Å². The van der Waals surface area contributed by atoms with Crippen molar-refractivity contribution in [2.24, 2.45) is 0 Å². The highest BCUT2D eigenvalue weighted by Gasteiger charge is 2.43. The molecule has 1 atom stereocenters. The molecule has 1 aliphatic rings. The van der Waals surface area contributed by atoms with Gasteiger partial charge in [0.05, 0.1) is 15.5 Å². The van der Waals surface area contributed by atoms with Gasteiger partial charge < -0.3 is 9.47 Å². The van der Waals surface area contributed by atoms with Crippen molar-refractivity contribution >= 4 is 26.4 Å². The van der Waals surface area contributed by atoms with Gasteiger partial charge in [-0.1, -0.05) is 24.3 Å². The van der Waals surface area contributed by atoms with E-state index in [4.69, 9.17) is 9.47 Å². The molecular weight excluding hydrogens is 416 g/mol. The van der Waals surface area contributed by atoms with Crippen molar-refractivity contribution in [1.29, 1.82) is 0 Å². The molecule has 0 saturated heterocycles. The highest BCUT2D eigenvalue weighted by atomic mass is 32.3. The Morgan fingerprint density at radius 2 is 1.79 bits per heavy atom. The molecule has 0 radical (unpaired) electrons. The van der Waals surface area contributed by atoms with Gasteiger partial charge in [0, 0.05) is 6.07 Å². The lowest BCUT2D eigenvalue weighted by molar-refractivity contribution is -0.157. The molecule has 0 aliphatic carbocycles. The van der Waals surface area contributed by atoms with Crippen LogP contribution in [0.3, 0.4) is 0 Å². The number of sulfone groups is 1. The van der Waals surface area contributed by atoms with Gasteiger partial charge in [-0.15, -0.1) is 0 Å². The lowest BCUT2D eigenvalue weighted by Crippen LogP contribution is -2.27. The summed E-state index contributed by atoms with van der Waals surface area (Å²) < 4.78 is 57.6. The van der Waals surface area contributed by atoms with Crippen LogP contribution in [0.25, 0.3) is 0 Å². The van der Waals surface area contributed by atoms with Crippen LogP contribution in [0.1, 0.15) is 31.6 Å². The molecule has 2 aromatic rings. The highest BCUT2D eigenvalue weighted by Crippen LogP contribution is 2.61. The molecule has 0 amide bonds. The first-order chi connectivity index (χ1) is 13.4. The Balaban J connectivity index is 1.85. The third-order valence-corrected chi connectivity index (χ3v) is 8.46. The van der Waals surface area contributed by atoms with E-state index in [1.165, 1.54) is 30.3 Å². The average Bonchev–Trinajstić information content (AvgIpc) is 2.91. The second kappa shape index (κ2) is 7.64. The van der Waals surface area contributed by atoms with Crippen molar-refractivity contribution in [2.75, 3.05) is 12.4 Å². The fourth-order valence-electron chi connectivity index (χ4n) is 3.09. The van der Waals surface area contributed by atoms with Crippen LogP contribution in [0.15, 0.2) is 58.3 Å². The highest BCUT2D eigenvalue weighted by molar-refractivity contribution is 8.25. The number of benzene rings is 2. The normalized spacial score (nSPS) is 19.3. The summed E-state index contributed by atoms with van der Waals surface area (Å²) in [6.07, 6.45) is 0. The minimum Gasteiger partial charge on any atom is -0.482 e. The van der Waals surface area contributed by atoms with E-state index in [2.05, 4.69) is 0 Å². The molecule has 29 heavy (non-hydrogen) atoms. The van der Waals surface area contributed by atoms with E-state index in [1.54, 1.807) is 39.0 Å². The summed E-state index contributed by atoms with van der Waals surface area (Å²) in [4.78, 5) is 12.1. The summed E-state index contributed by atoms with van der Waals surface area (Å²) >= 11 is 0. The van der Waals surface area contributed by atoms with Gasteiger partial charge in [0.2, 0.25) is 0 Å². The van der Waals surface area contributed by atoms with Crippen LogP contribution >= 0.6 is 10.6 Å². The molecule has 1 heterocycles. The van der Waals surface area contributed by atoms with E-state index < -0.39 is 37.2 Å². The van der Waals surface area contributed by atoms with E-state index >= 15 is 0 Å². The average molecular weight is 441 g/mol. The van der Waals surface area contributed by atoms with Gasteiger partial charge in [-0.25, -0.2) is 13.2 Å². The van der Waals surface area contributed by atoms with E-state index in [0.29, 0.717) is 5.56 Å². The number of fused-ring (bicyclic) bond motifs is 1. The monoisotopic (exact) mass is 440 g/mol. The second-order valence-electron chi connectivity index (χ2n) is 7.75. The van der Waals surface area contributed by atoms with Gasteiger partial charge >= 0.3 is 5.97 Å². The van der Waals surface area contributed by atoms with Gasteiger partial charge in [-0.3, -0.25) is 9.11 Å². The van der Waals surface area contributed by atoms with Gasteiger partial charge in [0.1, 0.15) is 16.6 Å². The van der Waals surface area contributed by atoms with Crippen molar-refractivity contribution in [3.63, 3.8) is 0 Å². The molecule has 1 aliphatic heterocycles. The molecule has 9 heteroatoms. The van der Waals surface area contributed by atoms with Gasteiger partial charge in [-0.05, 0) is 44.5 Å². The van der Waals surface area contributed by atoms with Gasteiger partial charge in [0.15, 0.2) is 16.4 Å². The quantitative estimate of drug-likeness (QED) is 0.675. The van der Waals surface area contributed by atoms with Crippen LogP contribution < -0.4 is 4.74 Å². The zero-order chi connectivity index (χ0) is 21.4. The predicted molar refractivity (Wildman–Crippen MR) is 110 cm³/mol. The number of carbonyl (C=O) groups excluding carboxylic acids is 1. The molecular formula is C20H24O7S2. The summed E-state index contributed by atoms with van der Waals surface area (Å²) in [5.74, 6) is -0.642. The molecule has 0 fully saturated rings. The number of hydrogen-bond donors (Lipinski definition) is 2. The van der Waals surface area contributed by atoms with Crippen LogP contribution in [0.4, 0.5) is 0 Å². The van der Waals surface area contributed by atoms with Crippen molar-refractivity contribution in [3.05, 3.63) is 54.1 Å². The fourth-order valence-corrected chi connectivity index (χ4v) is 7.53. The minimum atomic E-state index is -3.80. The molecule has 158 valence electrons. The van der Waals surface area contributed by atoms with Crippen LogP contribution in [0.5, 0.6) is 5.75 Å². The van der Waals surface area contributed by atoms with Crippen molar-refractivity contribution < 1.29 is 31.8 Å². The topological polar surface area (TPSA) is 110 Å². The molecule has 1 unspecified atom stereocenters. The smallest absolute Gasteiger partial charge is 0.344 e. The zero-order valence-electron chi connectivity index (χ0n) is 16.4. The maximum absolute atomic E-state index is 13.0. The lowest BCUT2D eigenvalue weighted by Gasteiger charge is -2.27. The molecule has 2 N–H and O–H groups in total. The summed E-state index contributed by atoms with van der Waals surface area (Å²) in [7, 11) is -7.11. The fraction of sp³-hybridized carbons (Fsp3) is 0.350. The molecule has 0 spiro atoms. The van der Waals surface area contributed by atoms with E-state index in [1.807, 2.05) is 0 Å². The molecule has 3 rings (SSSR count). The van der Waals surface area contributed by atoms with Gasteiger partial charge in [-0.2, -0.15) is 10.6 Å². The minimum absolute atomic E-state index is 0.123. The maximum Gasteiger partial charge on any atom is 0.344 e. The maximum atomic E-state index is 13.0.